The van der Waals surface area contributed by atoms with Gasteiger partial charge in [0.15, 0.2) is 0 Å². The molecular weight excluding hydrogens is 276 g/mol. The number of hydrogen-bond acceptors (Lipinski definition) is 4. The van der Waals surface area contributed by atoms with E-state index in [9.17, 15) is 8.42 Å². The van der Waals surface area contributed by atoms with Crippen LogP contribution in [0.5, 0.6) is 0 Å². The van der Waals surface area contributed by atoms with E-state index >= 15 is 0 Å². The van der Waals surface area contributed by atoms with Gasteiger partial charge >= 0.3 is 0 Å². The molecule has 0 bridgehead atoms. The first-order valence-electron chi connectivity index (χ1n) is 6.07. The number of ether oxygens (including phenoxy) is 1. The summed E-state index contributed by atoms with van der Waals surface area (Å²) in [4.78, 5) is 0.0501. The fraction of sp³-hybridized carbons (Fsp3) is 0.727. The molecule has 0 saturated heterocycles. The van der Waals surface area contributed by atoms with Crippen LogP contribution in [0, 0.1) is 0 Å². The van der Waals surface area contributed by atoms with Gasteiger partial charge in [-0.3, -0.25) is 4.68 Å². The van der Waals surface area contributed by atoms with E-state index in [0.717, 1.165) is 19.3 Å². The number of unbranched alkanes of at least 4 members (excludes halogenated alkanes) is 1. The summed E-state index contributed by atoms with van der Waals surface area (Å²) in [5.41, 5.74) is 0.531. The van der Waals surface area contributed by atoms with E-state index in [4.69, 9.17) is 15.4 Å². The van der Waals surface area contributed by atoms with Crippen LogP contribution in [0.4, 0.5) is 0 Å². The van der Waals surface area contributed by atoms with Gasteiger partial charge in [0.1, 0.15) is 4.90 Å². The average Bonchev–Trinajstić information content (AvgIpc) is 2.68. The van der Waals surface area contributed by atoms with E-state index in [-0.39, 0.29) is 11.5 Å². The molecule has 0 saturated carbocycles. The summed E-state index contributed by atoms with van der Waals surface area (Å²) in [6.45, 7) is 5.55. The Hall–Kier alpha value is -0.590. The summed E-state index contributed by atoms with van der Waals surface area (Å²) in [5.74, 6) is 0. The van der Waals surface area contributed by atoms with E-state index < -0.39 is 9.05 Å². The van der Waals surface area contributed by atoms with Gasteiger partial charge in [-0.1, -0.05) is 20.3 Å². The molecule has 7 heteroatoms. The van der Waals surface area contributed by atoms with Crippen LogP contribution in [0.15, 0.2) is 11.1 Å². The normalized spacial score (nSPS) is 11.9. The fourth-order valence-corrected chi connectivity index (χ4v) is 2.57. The maximum atomic E-state index is 11.4. The first-order chi connectivity index (χ1) is 8.50. The molecule has 0 N–H and O–H groups in total. The minimum atomic E-state index is -3.76. The third-order valence-corrected chi connectivity index (χ3v) is 3.85. The molecule has 18 heavy (non-hydrogen) atoms. The standard InChI is InChI=1S/C11H19ClN2O3S/c1-3-5-7-17-9-10-11(18(12,15)16)8-13-14(10)6-4-2/h8H,3-7,9H2,1-2H3. The zero-order chi connectivity index (χ0) is 13.6. The maximum absolute atomic E-state index is 11.4. The van der Waals surface area contributed by atoms with Gasteiger partial charge in [-0.15, -0.1) is 0 Å². The van der Waals surface area contributed by atoms with Gasteiger partial charge in [0.05, 0.1) is 18.5 Å². The van der Waals surface area contributed by atoms with Crippen molar-refractivity contribution >= 4 is 19.7 Å². The zero-order valence-electron chi connectivity index (χ0n) is 10.7. The highest BCUT2D eigenvalue weighted by Gasteiger charge is 2.20. The monoisotopic (exact) mass is 294 g/mol. The molecule has 1 rings (SSSR count). The lowest BCUT2D eigenvalue weighted by molar-refractivity contribution is 0.110. The highest BCUT2D eigenvalue weighted by Crippen LogP contribution is 2.21. The second-order valence-electron chi connectivity index (χ2n) is 4.02. The average molecular weight is 295 g/mol. The predicted octanol–water partition coefficient (Wildman–Crippen LogP) is 2.54. The third kappa shape index (κ3) is 4.26. The molecule has 0 aliphatic heterocycles. The van der Waals surface area contributed by atoms with Crippen molar-refractivity contribution < 1.29 is 13.2 Å². The summed E-state index contributed by atoms with van der Waals surface area (Å²) in [7, 11) is 1.62. The molecular formula is C11H19ClN2O3S. The maximum Gasteiger partial charge on any atom is 0.264 e. The van der Waals surface area contributed by atoms with E-state index in [0.29, 0.717) is 18.8 Å². The largest absolute Gasteiger partial charge is 0.375 e. The lowest BCUT2D eigenvalue weighted by atomic mass is 10.3. The second kappa shape index (κ2) is 7.11. The van der Waals surface area contributed by atoms with Crippen LogP contribution in [0.25, 0.3) is 0 Å². The first kappa shape index (κ1) is 15.5. The number of hydrogen-bond donors (Lipinski definition) is 0. The van der Waals surface area contributed by atoms with Crippen molar-refractivity contribution in [1.82, 2.24) is 9.78 Å². The van der Waals surface area contributed by atoms with Crippen molar-refractivity contribution in [3.63, 3.8) is 0 Å². The Morgan fingerprint density at radius 2 is 2.11 bits per heavy atom. The SMILES string of the molecule is CCCCOCc1c(S(=O)(=O)Cl)cnn1CCC. The number of rotatable bonds is 8. The van der Waals surface area contributed by atoms with Gasteiger partial charge in [-0.05, 0) is 12.8 Å². The Morgan fingerprint density at radius 1 is 1.39 bits per heavy atom. The van der Waals surface area contributed by atoms with Crippen LogP contribution >= 0.6 is 10.7 Å². The molecule has 0 aliphatic carbocycles. The Balaban J connectivity index is 2.86. The van der Waals surface area contributed by atoms with E-state index in [1.165, 1.54) is 6.20 Å². The zero-order valence-corrected chi connectivity index (χ0v) is 12.3. The summed E-state index contributed by atoms with van der Waals surface area (Å²) < 4.78 is 29.9. The van der Waals surface area contributed by atoms with Crippen molar-refractivity contribution in [3.05, 3.63) is 11.9 Å². The van der Waals surface area contributed by atoms with Crippen LogP contribution in [0.3, 0.4) is 0 Å². The molecule has 0 atom stereocenters. The number of aromatic nitrogens is 2. The molecule has 1 aromatic heterocycles. The molecule has 0 spiro atoms. The van der Waals surface area contributed by atoms with E-state index in [2.05, 4.69) is 12.0 Å². The summed E-state index contributed by atoms with van der Waals surface area (Å²) in [6.07, 6.45) is 4.14. The van der Waals surface area contributed by atoms with Crippen LogP contribution in [-0.2, 0) is 26.9 Å². The minimum Gasteiger partial charge on any atom is -0.375 e. The van der Waals surface area contributed by atoms with Gasteiger partial charge in [0, 0.05) is 23.8 Å². The van der Waals surface area contributed by atoms with Gasteiger partial charge in [-0.25, -0.2) is 8.42 Å². The molecule has 0 aromatic carbocycles. The number of halogens is 1. The van der Waals surface area contributed by atoms with Gasteiger partial charge in [0.2, 0.25) is 0 Å². The number of aryl methyl sites for hydroxylation is 1. The Morgan fingerprint density at radius 3 is 2.67 bits per heavy atom. The molecule has 1 aromatic rings. The van der Waals surface area contributed by atoms with Crippen LogP contribution in [0.1, 0.15) is 38.8 Å². The molecule has 0 amide bonds. The summed E-state index contributed by atoms with van der Waals surface area (Å²) in [6, 6.07) is 0. The molecule has 104 valence electrons. The lowest BCUT2D eigenvalue weighted by Crippen LogP contribution is -2.09. The molecule has 1 heterocycles. The predicted molar refractivity (Wildman–Crippen MR) is 70.1 cm³/mol. The van der Waals surface area contributed by atoms with E-state index in [1.54, 1.807) is 4.68 Å². The van der Waals surface area contributed by atoms with Crippen molar-refractivity contribution in [2.75, 3.05) is 6.61 Å². The van der Waals surface area contributed by atoms with E-state index in [1.807, 2.05) is 6.92 Å². The molecule has 0 fully saturated rings. The van der Waals surface area contributed by atoms with Crippen molar-refractivity contribution in [1.29, 1.82) is 0 Å². The van der Waals surface area contributed by atoms with Crippen LogP contribution in [-0.4, -0.2) is 24.8 Å². The first-order valence-corrected chi connectivity index (χ1v) is 8.38. The highest BCUT2D eigenvalue weighted by atomic mass is 35.7. The summed E-state index contributed by atoms with van der Waals surface area (Å²) in [5, 5.41) is 4.04. The smallest absolute Gasteiger partial charge is 0.264 e. The summed E-state index contributed by atoms with van der Waals surface area (Å²) >= 11 is 0. The molecule has 0 aliphatic rings. The fourth-order valence-electron chi connectivity index (χ4n) is 1.56. The Kier molecular flexibility index (Phi) is 6.11. The lowest BCUT2D eigenvalue weighted by Gasteiger charge is -2.08. The molecule has 0 unspecified atom stereocenters. The minimum absolute atomic E-state index is 0.0501. The Labute approximate surface area is 113 Å². The van der Waals surface area contributed by atoms with Crippen molar-refractivity contribution in [3.8, 4) is 0 Å². The quantitative estimate of drug-likeness (QED) is 0.546. The third-order valence-electron chi connectivity index (χ3n) is 2.49. The van der Waals surface area contributed by atoms with Gasteiger partial charge < -0.3 is 4.74 Å². The highest BCUT2D eigenvalue weighted by molar-refractivity contribution is 8.13. The topological polar surface area (TPSA) is 61.2 Å². The second-order valence-corrected chi connectivity index (χ2v) is 6.56. The van der Waals surface area contributed by atoms with Gasteiger partial charge in [0.25, 0.3) is 9.05 Å². The van der Waals surface area contributed by atoms with Crippen molar-refractivity contribution in [2.24, 2.45) is 0 Å². The van der Waals surface area contributed by atoms with Gasteiger partial charge in [-0.2, -0.15) is 5.10 Å². The Bertz CT molecular complexity index is 471. The number of nitrogens with zero attached hydrogens (tertiary/aromatic N) is 2. The molecule has 0 radical (unpaired) electrons. The molecule has 5 nitrogen and oxygen atoms in total. The van der Waals surface area contributed by atoms with Crippen LogP contribution < -0.4 is 0 Å². The van der Waals surface area contributed by atoms with Crippen LogP contribution in [0.2, 0.25) is 0 Å². The van der Waals surface area contributed by atoms with Crippen molar-refractivity contribution in [2.45, 2.75) is 51.2 Å².